The first kappa shape index (κ1) is 17.2. The molecule has 0 unspecified atom stereocenters. The smallest absolute Gasteiger partial charge is 0.123 e. The van der Waals surface area contributed by atoms with Crippen LogP contribution in [0.3, 0.4) is 0 Å². The van der Waals surface area contributed by atoms with Crippen molar-refractivity contribution in [1.29, 1.82) is 0 Å². The number of piperazine rings is 1. The number of hydrogen-bond donors (Lipinski definition) is 1. The second-order valence-electron chi connectivity index (χ2n) is 7.12. The summed E-state index contributed by atoms with van der Waals surface area (Å²) < 4.78 is 13.4. The SMILES string of the molecule is Fc1cccc(CCN2CCNC[C@H]2Cc2cccc3ccccc23)c1. The fraction of sp³-hybridized carbons (Fsp3) is 0.304. The Morgan fingerprint density at radius 2 is 1.85 bits per heavy atom. The van der Waals surface area contributed by atoms with Crippen molar-refractivity contribution in [2.24, 2.45) is 0 Å². The van der Waals surface area contributed by atoms with E-state index in [1.807, 2.05) is 6.07 Å². The van der Waals surface area contributed by atoms with Crippen LogP contribution in [-0.2, 0) is 12.8 Å². The second-order valence-corrected chi connectivity index (χ2v) is 7.12. The van der Waals surface area contributed by atoms with E-state index in [4.69, 9.17) is 0 Å². The predicted octanol–water partition coefficient (Wildman–Crippen LogP) is 4.04. The molecule has 0 spiro atoms. The Hall–Kier alpha value is -2.23. The number of nitrogens with one attached hydrogen (secondary N) is 1. The molecule has 0 amide bonds. The summed E-state index contributed by atoms with van der Waals surface area (Å²) in [7, 11) is 0. The van der Waals surface area contributed by atoms with E-state index in [2.05, 4.69) is 52.7 Å². The molecule has 0 saturated carbocycles. The van der Waals surface area contributed by atoms with E-state index < -0.39 is 0 Å². The van der Waals surface area contributed by atoms with Gasteiger partial charge in [0.1, 0.15) is 5.82 Å². The molecule has 3 heteroatoms. The second kappa shape index (κ2) is 7.98. The molecule has 1 saturated heterocycles. The molecule has 1 aliphatic heterocycles. The van der Waals surface area contributed by atoms with Crippen molar-refractivity contribution in [2.45, 2.75) is 18.9 Å². The molecule has 1 heterocycles. The maximum Gasteiger partial charge on any atom is 0.123 e. The van der Waals surface area contributed by atoms with Gasteiger partial charge in [0.2, 0.25) is 0 Å². The Kier molecular flexibility index (Phi) is 5.28. The van der Waals surface area contributed by atoms with Crippen molar-refractivity contribution in [3.05, 3.63) is 83.7 Å². The molecule has 4 rings (SSSR count). The van der Waals surface area contributed by atoms with Crippen molar-refractivity contribution in [2.75, 3.05) is 26.2 Å². The van der Waals surface area contributed by atoms with E-state index in [9.17, 15) is 4.39 Å². The number of rotatable bonds is 5. The van der Waals surface area contributed by atoms with Gasteiger partial charge in [0, 0.05) is 32.2 Å². The monoisotopic (exact) mass is 348 g/mol. The number of halogens is 1. The summed E-state index contributed by atoms with van der Waals surface area (Å²) in [4.78, 5) is 2.56. The summed E-state index contributed by atoms with van der Waals surface area (Å²) >= 11 is 0. The summed E-state index contributed by atoms with van der Waals surface area (Å²) in [6, 6.07) is 22.7. The lowest BCUT2D eigenvalue weighted by atomic mass is 9.97. The van der Waals surface area contributed by atoms with Crippen LogP contribution in [0.15, 0.2) is 66.7 Å². The van der Waals surface area contributed by atoms with Gasteiger partial charge in [-0.1, -0.05) is 54.6 Å². The fourth-order valence-corrected chi connectivity index (χ4v) is 3.99. The van der Waals surface area contributed by atoms with Crippen LogP contribution in [-0.4, -0.2) is 37.1 Å². The molecule has 0 aliphatic carbocycles. The van der Waals surface area contributed by atoms with E-state index in [-0.39, 0.29) is 5.82 Å². The summed E-state index contributed by atoms with van der Waals surface area (Å²) in [5.41, 5.74) is 2.49. The van der Waals surface area contributed by atoms with Gasteiger partial charge >= 0.3 is 0 Å². The Bertz CT molecular complexity index is 871. The number of nitrogens with zero attached hydrogens (tertiary/aromatic N) is 1. The number of benzene rings is 3. The summed E-state index contributed by atoms with van der Waals surface area (Å²) in [6.07, 6.45) is 1.93. The quantitative estimate of drug-likeness (QED) is 0.749. The van der Waals surface area contributed by atoms with Crippen LogP contribution in [0, 0.1) is 5.82 Å². The Labute approximate surface area is 154 Å². The van der Waals surface area contributed by atoms with E-state index in [0.29, 0.717) is 6.04 Å². The van der Waals surface area contributed by atoms with E-state index in [0.717, 1.165) is 44.6 Å². The molecular weight excluding hydrogens is 323 g/mol. The third-order valence-electron chi connectivity index (χ3n) is 5.38. The molecule has 134 valence electrons. The molecule has 1 aliphatic rings. The first-order chi connectivity index (χ1) is 12.8. The van der Waals surface area contributed by atoms with Crippen molar-refractivity contribution in [1.82, 2.24) is 10.2 Å². The largest absolute Gasteiger partial charge is 0.314 e. The van der Waals surface area contributed by atoms with Crippen molar-refractivity contribution >= 4 is 10.8 Å². The molecule has 1 fully saturated rings. The average molecular weight is 348 g/mol. The highest BCUT2D eigenvalue weighted by molar-refractivity contribution is 5.85. The summed E-state index contributed by atoms with van der Waals surface area (Å²) in [6.45, 7) is 4.05. The van der Waals surface area contributed by atoms with Gasteiger partial charge in [0.15, 0.2) is 0 Å². The van der Waals surface area contributed by atoms with Crippen molar-refractivity contribution < 1.29 is 4.39 Å². The van der Waals surface area contributed by atoms with Gasteiger partial charge in [-0.15, -0.1) is 0 Å². The van der Waals surface area contributed by atoms with Crippen molar-refractivity contribution in [3.63, 3.8) is 0 Å². The fourth-order valence-electron chi connectivity index (χ4n) is 3.99. The normalized spacial score (nSPS) is 18.3. The molecule has 26 heavy (non-hydrogen) atoms. The lowest BCUT2D eigenvalue weighted by Gasteiger charge is -2.36. The van der Waals surface area contributed by atoms with Crippen LogP contribution in [0.4, 0.5) is 4.39 Å². The molecule has 2 nitrogen and oxygen atoms in total. The lowest BCUT2D eigenvalue weighted by Crippen LogP contribution is -2.52. The molecule has 0 aromatic heterocycles. The van der Waals surface area contributed by atoms with Crippen molar-refractivity contribution in [3.8, 4) is 0 Å². The first-order valence-corrected chi connectivity index (χ1v) is 9.45. The minimum Gasteiger partial charge on any atom is -0.314 e. The average Bonchev–Trinajstić information content (AvgIpc) is 2.68. The van der Waals surface area contributed by atoms with Gasteiger partial charge in [-0.05, 0) is 46.9 Å². The third kappa shape index (κ3) is 3.95. The van der Waals surface area contributed by atoms with Gasteiger partial charge < -0.3 is 5.32 Å². The molecule has 3 aromatic carbocycles. The highest BCUT2D eigenvalue weighted by Gasteiger charge is 2.22. The van der Waals surface area contributed by atoms with Gasteiger partial charge in [-0.2, -0.15) is 0 Å². The molecule has 1 atom stereocenters. The molecule has 3 aromatic rings. The number of hydrogen-bond acceptors (Lipinski definition) is 2. The lowest BCUT2D eigenvalue weighted by molar-refractivity contribution is 0.162. The summed E-state index contributed by atoms with van der Waals surface area (Å²) in [5, 5.41) is 6.20. The molecule has 0 bridgehead atoms. The zero-order valence-electron chi connectivity index (χ0n) is 15.0. The van der Waals surface area contributed by atoms with Gasteiger partial charge in [0.25, 0.3) is 0 Å². The third-order valence-corrected chi connectivity index (χ3v) is 5.38. The zero-order valence-corrected chi connectivity index (χ0v) is 15.0. The van der Waals surface area contributed by atoms with E-state index in [1.54, 1.807) is 12.1 Å². The van der Waals surface area contributed by atoms with Crippen LogP contribution in [0.2, 0.25) is 0 Å². The predicted molar refractivity (Wildman–Crippen MR) is 106 cm³/mol. The Morgan fingerprint density at radius 1 is 1.00 bits per heavy atom. The zero-order chi connectivity index (χ0) is 17.8. The van der Waals surface area contributed by atoms with Gasteiger partial charge in [-0.25, -0.2) is 4.39 Å². The molecule has 1 N–H and O–H groups in total. The highest BCUT2D eigenvalue weighted by Crippen LogP contribution is 2.21. The maximum absolute atomic E-state index is 13.4. The van der Waals surface area contributed by atoms with Crippen LogP contribution < -0.4 is 5.32 Å². The van der Waals surface area contributed by atoms with E-state index >= 15 is 0 Å². The standard InChI is InChI=1S/C23H25FN2/c24-21-9-3-5-18(15-21)11-13-26-14-12-25-17-22(26)16-20-8-4-7-19-6-1-2-10-23(19)20/h1-10,15,22,25H,11-14,16-17H2/t22-/m1/s1. The topological polar surface area (TPSA) is 15.3 Å². The van der Waals surface area contributed by atoms with Crippen LogP contribution in [0.5, 0.6) is 0 Å². The van der Waals surface area contributed by atoms with Gasteiger partial charge in [0.05, 0.1) is 0 Å². The minimum absolute atomic E-state index is 0.143. The Morgan fingerprint density at radius 3 is 2.77 bits per heavy atom. The maximum atomic E-state index is 13.4. The molecule has 0 radical (unpaired) electrons. The Balaban J connectivity index is 1.48. The first-order valence-electron chi connectivity index (χ1n) is 9.45. The van der Waals surface area contributed by atoms with E-state index in [1.165, 1.54) is 22.4 Å². The summed E-state index contributed by atoms with van der Waals surface area (Å²) in [5.74, 6) is -0.143. The van der Waals surface area contributed by atoms with Crippen LogP contribution >= 0.6 is 0 Å². The van der Waals surface area contributed by atoms with Crippen LogP contribution in [0.1, 0.15) is 11.1 Å². The minimum atomic E-state index is -0.143. The highest BCUT2D eigenvalue weighted by atomic mass is 19.1. The molecular formula is C23H25FN2. The number of fused-ring (bicyclic) bond motifs is 1. The van der Waals surface area contributed by atoms with Crippen LogP contribution in [0.25, 0.3) is 10.8 Å². The van der Waals surface area contributed by atoms with Gasteiger partial charge in [-0.3, -0.25) is 4.90 Å².